The minimum atomic E-state index is -0.719. The minimum absolute atomic E-state index is 0.240. The molecule has 114 valence electrons. The fourth-order valence-electron chi connectivity index (χ4n) is 2.32. The number of halogens is 1. The van der Waals surface area contributed by atoms with Gasteiger partial charge < -0.3 is 9.52 Å². The van der Waals surface area contributed by atoms with Crippen molar-refractivity contribution < 1.29 is 13.9 Å². The van der Waals surface area contributed by atoms with E-state index in [2.05, 4.69) is 15.2 Å². The summed E-state index contributed by atoms with van der Waals surface area (Å²) < 4.78 is 18.6. The van der Waals surface area contributed by atoms with Crippen LogP contribution in [0.3, 0.4) is 0 Å². The molecule has 0 fully saturated rings. The lowest BCUT2D eigenvalue weighted by Gasteiger charge is -2.03. The van der Waals surface area contributed by atoms with Crippen LogP contribution in [0.2, 0.25) is 0 Å². The quantitative estimate of drug-likeness (QED) is 0.734. The van der Waals surface area contributed by atoms with E-state index in [9.17, 15) is 9.50 Å². The third-order valence-corrected chi connectivity index (χ3v) is 3.40. The first-order chi connectivity index (χ1) is 10.7. The highest BCUT2D eigenvalue weighted by Crippen LogP contribution is 2.19. The van der Waals surface area contributed by atoms with Crippen LogP contribution in [-0.4, -0.2) is 20.3 Å². The molecule has 1 aromatic carbocycles. The summed E-state index contributed by atoms with van der Waals surface area (Å²) in [6.45, 7) is 0. The summed E-state index contributed by atoms with van der Waals surface area (Å²) in [4.78, 5) is 3.91. The Morgan fingerprint density at radius 1 is 1.27 bits per heavy atom. The molecule has 22 heavy (non-hydrogen) atoms. The molecule has 2 aromatic heterocycles. The summed E-state index contributed by atoms with van der Waals surface area (Å²) in [5.74, 6) is 0.920. The van der Waals surface area contributed by atoms with Gasteiger partial charge >= 0.3 is 0 Å². The largest absolute Gasteiger partial charge is 0.469 e. The maximum atomic E-state index is 13.2. The number of rotatable bonds is 6. The monoisotopic (exact) mass is 301 g/mol. The second kappa shape index (κ2) is 6.53. The Labute approximate surface area is 126 Å². The zero-order valence-electron chi connectivity index (χ0n) is 11.9. The number of aliphatic hydroxyl groups excluding tert-OH is 1. The summed E-state index contributed by atoms with van der Waals surface area (Å²) >= 11 is 0. The molecule has 0 radical (unpaired) electrons. The number of furan rings is 1. The first-order valence-corrected chi connectivity index (χ1v) is 7.05. The van der Waals surface area contributed by atoms with Crippen LogP contribution in [0, 0.1) is 5.82 Å². The zero-order chi connectivity index (χ0) is 15.4. The second-order valence-electron chi connectivity index (χ2n) is 5.14. The van der Waals surface area contributed by atoms with E-state index in [0.717, 1.165) is 16.9 Å². The SMILES string of the molecule is OC(CCc1cc(Cc2cccc(F)c2)co1)c1nc[nH]n1. The zero-order valence-corrected chi connectivity index (χ0v) is 11.9. The molecule has 3 rings (SSSR count). The van der Waals surface area contributed by atoms with Crippen molar-refractivity contribution in [3.05, 3.63) is 71.5 Å². The molecule has 0 spiro atoms. The van der Waals surface area contributed by atoms with Crippen LogP contribution >= 0.6 is 0 Å². The number of aromatic nitrogens is 3. The van der Waals surface area contributed by atoms with Gasteiger partial charge in [-0.2, -0.15) is 5.10 Å². The van der Waals surface area contributed by atoms with Gasteiger partial charge in [-0.1, -0.05) is 12.1 Å². The Morgan fingerprint density at radius 3 is 2.95 bits per heavy atom. The van der Waals surface area contributed by atoms with Crippen LogP contribution in [0.25, 0.3) is 0 Å². The topological polar surface area (TPSA) is 74.9 Å². The van der Waals surface area contributed by atoms with E-state index < -0.39 is 6.10 Å². The van der Waals surface area contributed by atoms with Crippen molar-refractivity contribution in [3.8, 4) is 0 Å². The van der Waals surface area contributed by atoms with Crippen LogP contribution < -0.4 is 0 Å². The summed E-state index contributed by atoms with van der Waals surface area (Å²) in [5, 5.41) is 16.3. The molecular formula is C16H16FN3O2. The fourth-order valence-corrected chi connectivity index (χ4v) is 2.32. The molecule has 0 saturated heterocycles. The number of nitrogens with one attached hydrogen (secondary N) is 1. The number of nitrogens with zero attached hydrogens (tertiary/aromatic N) is 2. The highest BCUT2D eigenvalue weighted by Gasteiger charge is 2.13. The van der Waals surface area contributed by atoms with Crippen LogP contribution in [0.4, 0.5) is 4.39 Å². The van der Waals surface area contributed by atoms with Crippen molar-refractivity contribution in [3.63, 3.8) is 0 Å². The van der Waals surface area contributed by atoms with Crippen molar-refractivity contribution in [2.75, 3.05) is 0 Å². The van der Waals surface area contributed by atoms with E-state index >= 15 is 0 Å². The molecule has 2 N–H and O–H groups in total. The van der Waals surface area contributed by atoms with Gasteiger partial charge in [-0.05, 0) is 35.7 Å². The molecule has 0 saturated carbocycles. The number of benzene rings is 1. The number of hydrogen-bond donors (Lipinski definition) is 2. The summed E-state index contributed by atoms with van der Waals surface area (Å²) in [7, 11) is 0. The predicted octanol–water partition coefficient (Wildman–Crippen LogP) is 2.79. The highest BCUT2D eigenvalue weighted by atomic mass is 19.1. The Balaban J connectivity index is 1.57. The van der Waals surface area contributed by atoms with Gasteiger partial charge in [0.2, 0.25) is 0 Å². The van der Waals surface area contributed by atoms with Gasteiger partial charge in [0.1, 0.15) is 24.0 Å². The van der Waals surface area contributed by atoms with Gasteiger partial charge in [-0.15, -0.1) is 0 Å². The molecular weight excluding hydrogens is 285 g/mol. The molecule has 0 aliphatic heterocycles. The van der Waals surface area contributed by atoms with Crippen molar-refractivity contribution >= 4 is 0 Å². The van der Waals surface area contributed by atoms with E-state index in [1.165, 1.54) is 18.5 Å². The van der Waals surface area contributed by atoms with Crippen molar-refractivity contribution in [1.82, 2.24) is 15.2 Å². The molecule has 0 bridgehead atoms. The molecule has 0 aliphatic carbocycles. The molecule has 0 aliphatic rings. The van der Waals surface area contributed by atoms with E-state index in [1.54, 1.807) is 12.3 Å². The normalized spacial score (nSPS) is 12.5. The third-order valence-electron chi connectivity index (χ3n) is 3.40. The van der Waals surface area contributed by atoms with Gasteiger partial charge in [0.15, 0.2) is 5.82 Å². The lowest BCUT2D eigenvalue weighted by atomic mass is 10.1. The van der Waals surface area contributed by atoms with Crippen molar-refractivity contribution in [1.29, 1.82) is 0 Å². The number of aliphatic hydroxyl groups is 1. The Morgan fingerprint density at radius 2 is 2.18 bits per heavy atom. The van der Waals surface area contributed by atoms with Crippen molar-refractivity contribution in [2.45, 2.75) is 25.4 Å². The number of H-pyrrole nitrogens is 1. The molecule has 3 aromatic rings. The number of hydrogen-bond acceptors (Lipinski definition) is 4. The lowest BCUT2D eigenvalue weighted by molar-refractivity contribution is 0.156. The maximum absolute atomic E-state index is 13.2. The van der Waals surface area contributed by atoms with E-state index in [1.807, 2.05) is 12.1 Å². The first-order valence-electron chi connectivity index (χ1n) is 7.05. The first kappa shape index (κ1) is 14.5. The average Bonchev–Trinajstić information content (AvgIpc) is 3.16. The van der Waals surface area contributed by atoms with Crippen LogP contribution in [-0.2, 0) is 12.8 Å². The number of aromatic amines is 1. The standard InChI is InChI=1S/C16H16FN3O2/c17-13-3-1-2-11(7-13)6-12-8-14(22-9-12)4-5-15(21)16-18-10-19-20-16/h1-3,7-10,15,21H,4-6H2,(H,18,19,20). The van der Waals surface area contributed by atoms with Crippen LogP contribution in [0.1, 0.15) is 35.2 Å². The second-order valence-corrected chi connectivity index (χ2v) is 5.14. The molecule has 1 atom stereocenters. The Hall–Kier alpha value is -2.47. The summed E-state index contributed by atoms with van der Waals surface area (Å²) in [6, 6.07) is 8.44. The predicted molar refractivity (Wildman–Crippen MR) is 77.6 cm³/mol. The molecule has 6 heteroatoms. The van der Waals surface area contributed by atoms with E-state index in [0.29, 0.717) is 25.1 Å². The van der Waals surface area contributed by atoms with Gasteiger partial charge in [0, 0.05) is 12.8 Å². The summed E-state index contributed by atoms with van der Waals surface area (Å²) in [5.41, 5.74) is 1.88. The molecule has 1 unspecified atom stereocenters. The molecule has 2 heterocycles. The lowest BCUT2D eigenvalue weighted by Crippen LogP contribution is -2.01. The Bertz CT molecular complexity index is 725. The van der Waals surface area contributed by atoms with Gasteiger partial charge in [0.25, 0.3) is 0 Å². The average molecular weight is 301 g/mol. The van der Waals surface area contributed by atoms with Crippen LogP contribution in [0.5, 0.6) is 0 Å². The van der Waals surface area contributed by atoms with Gasteiger partial charge in [-0.3, -0.25) is 5.10 Å². The van der Waals surface area contributed by atoms with Crippen LogP contribution in [0.15, 0.2) is 47.3 Å². The highest BCUT2D eigenvalue weighted by molar-refractivity contribution is 5.25. The van der Waals surface area contributed by atoms with Gasteiger partial charge in [0.05, 0.1) is 6.26 Å². The fraction of sp³-hybridized carbons (Fsp3) is 0.250. The Kier molecular flexibility index (Phi) is 4.29. The number of aryl methyl sites for hydroxylation is 1. The smallest absolute Gasteiger partial charge is 0.178 e. The molecule has 5 nitrogen and oxygen atoms in total. The third kappa shape index (κ3) is 3.59. The maximum Gasteiger partial charge on any atom is 0.178 e. The minimum Gasteiger partial charge on any atom is -0.469 e. The van der Waals surface area contributed by atoms with E-state index in [4.69, 9.17) is 4.42 Å². The summed E-state index contributed by atoms with van der Waals surface area (Å²) in [6.07, 6.45) is 4.05. The van der Waals surface area contributed by atoms with Gasteiger partial charge in [-0.25, -0.2) is 9.37 Å². The molecule has 0 amide bonds. The van der Waals surface area contributed by atoms with Crippen molar-refractivity contribution in [2.24, 2.45) is 0 Å². The van der Waals surface area contributed by atoms with E-state index in [-0.39, 0.29) is 5.82 Å².